The topological polar surface area (TPSA) is 49.4 Å². The van der Waals surface area contributed by atoms with Gasteiger partial charge in [-0.1, -0.05) is 24.3 Å². The van der Waals surface area contributed by atoms with Crippen molar-refractivity contribution >= 4 is 28.8 Å². The number of thiophene rings is 1. The van der Waals surface area contributed by atoms with Crippen LogP contribution < -0.4 is 5.32 Å². The van der Waals surface area contributed by atoms with Gasteiger partial charge in [0.15, 0.2) is 0 Å². The van der Waals surface area contributed by atoms with E-state index in [1.807, 2.05) is 35.2 Å². The number of carbonyl (C=O) groups is 2. The van der Waals surface area contributed by atoms with Crippen molar-refractivity contribution in [2.45, 2.75) is 31.2 Å². The largest absolute Gasteiger partial charge is 0.335 e. The number of nitrogens with zero attached hydrogens (tertiary/aromatic N) is 1. The Hall–Kier alpha value is -2.14. The summed E-state index contributed by atoms with van der Waals surface area (Å²) in [6.07, 6.45) is 2.30. The van der Waals surface area contributed by atoms with Gasteiger partial charge in [-0.2, -0.15) is 0 Å². The molecule has 0 bridgehead atoms. The van der Waals surface area contributed by atoms with Crippen molar-refractivity contribution < 1.29 is 9.59 Å². The highest BCUT2D eigenvalue weighted by molar-refractivity contribution is 7.10. The molecule has 4 nitrogen and oxygen atoms in total. The molecule has 1 N–H and O–H groups in total. The minimum atomic E-state index is -0.358. The van der Waals surface area contributed by atoms with E-state index < -0.39 is 0 Å². The summed E-state index contributed by atoms with van der Waals surface area (Å²) in [4.78, 5) is 28.2. The van der Waals surface area contributed by atoms with Crippen molar-refractivity contribution in [2.75, 3.05) is 11.9 Å². The number of hydrogen-bond donors (Lipinski definition) is 1. The number of hydrogen-bond acceptors (Lipinski definition) is 3. The third kappa shape index (κ3) is 2.55. The van der Waals surface area contributed by atoms with E-state index in [1.54, 1.807) is 11.3 Å². The molecule has 2 amide bonds. The normalized spacial score (nSPS) is 23.0. The van der Waals surface area contributed by atoms with Crippen molar-refractivity contribution in [1.82, 2.24) is 4.90 Å². The molecule has 2 aromatic rings. The summed E-state index contributed by atoms with van der Waals surface area (Å²) in [6, 6.07) is 12.0. The minimum Gasteiger partial charge on any atom is -0.335 e. The lowest BCUT2D eigenvalue weighted by Crippen LogP contribution is -2.32. The fourth-order valence-electron chi connectivity index (χ4n) is 3.61. The molecule has 1 aromatic carbocycles. The van der Waals surface area contributed by atoms with Crippen LogP contribution >= 0.6 is 11.3 Å². The standard InChI is InChI=1S/C18H18N2O2S/c21-17(20-9-3-7-15(20)16-8-4-10-23-16)11-13-12-5-1-2-6-14(12)19-18(13)22/h1-2,4-6,8,10,13,15H,3,7,9,11H2,(H,19,22)/t13-,15-/m1/s1. The van der Waals surface area contributed by atoms with E-state index in [-0.39, 0.29) is 30.2 Å². The number of nitrogens with one attached hydrogen (secondary N) is 1. The van der Waals surface area contributed by atoms with Gasteiger partial charge in [0.25, 0.3) is 0 Å². The Kier molecular flexibility index (Phi) is 3.65. The van der Waals surface area contributed by atoms with Gasteiger partial charge in [-0.25, -0.2) is 0 Å². The Balaban J connectivity index is 1.53. The molecule has 2 atom stereocenters. The number of amides is 2. The third-order valence-electron chi connectivity index (χ3n) is 4.73. The van der Waals surface area contributed by atoms with Crippen LogP contribution in [0.5, 0.6) is 0 Å². The molecule has 1 saturated heterocycles. The molecular formula is C18H18N2O2S. The number of carbonyl (C=O) groups excluding carboxylic acids is 2. The molecule has 1 aromatic heterocycles. The van der Waals surface area contributed by atoms with E-state index in [0.29, 0.717) is 0 Å². The minimum absolute atomic E-state index is 0.0635. The molecular weight excluding hydrogens is 308 g/mol. The van der Waals surface area contributed by atoms with E-state index in [9.17, 15) is 9.59 Å². The Morgan fingerprint density at radius 3 is 2.96 bits per heavy atom. The van der Waals surface area contributed by atoms with E-state index >= 15 is 0 Å². The fraction of sp³-hybridized carbons (Fsp3) is 0.333. The van der Waals surface area contributed by atoms with Crippen molar-refractivity contribution in [3.05, 3.63) is 52.2 Å². The lowest BCUT2D eigenvalue weighted by Gasteiger charge is -2.25. The average Bonchev–Trinajstić information content (AvgIpc) is 3.26. The maximum absolute atomic E-state index is 12.8. The summed E-state index contributed by atoms with van der Waals surface area (Å²) in [6.45, 7) is 0.789. The molecule has 2 aliphatic rings. The Morgan fingerprint density at radius 2 is 2.13 bits per heavy atom. The van der Waals surface area contributed by atoms with Gasteiger partial charge in [-0.15, -0.1) is 11.3 Å². The number of para-hydroxylation sites is 1. The second-order valence-corrected chi connectivity index (χ2v) is 7.07. The highest BCUT2D eigenvalue weighted by Gasteiger charge is 2.36. The summed E-state index contributed by atoms with van der Waals surface area (Å²) < 4.78 is 0. The van der Waals surface area contributed by atoms with Crippen molar-refractivity contribution in [2.24, 2.45) is 0 Å². The summed E-state index contributed by atoms with van der Waals surface area (Å²) in [5, 5.41) is 4.93. The van der Waals surface area contributed by atoms with Gasteiger partial charge in [-0.05, 0) is 35.9 Å². The zero-order valence-corrected chi connectivity index (χ0v) is 13.5. The predicted molar refractivity (Wildman–Crippen MR) is 90.4 cm³/mol. The molecule has 0 radical (unpaired) electrons. The molecule has 2 aliphatic heterocycles. The van der Waals surface area contributed by atoms with Crippen LogP contribution in [0, 0.1) is 0 Å². The molecule has 0 unspecified atom stereocenters. The lowest BCUT2D eigenvalue weighted by atomic mass is 9.96. The van der Waals surface area contributed by atoms with Crippen LogP contribution in [0.4, 0.5) is 5.69 Å². The zero-order valence-electron chi connectivity index (χ0n) is 12.7. The second kappa shape index (κ2) is 5.81. The molecule has 0 saturated carbocycles. The highest BCUT2D eigenvalue weighted by Crippen LogP contribution is 2.38. The molecule has 0 spiro atoms. The molecule has 3 heterocycles. The molecule has 1 fully saturated rings. The Morgan fingerprint density at radius 1 is 1.26 bits per heavy atom. The molecule has 0 aliphatic carbocycles. The predicted octanol–water partition coefficient (Wildman–Crippen LogP) is 3.54. The van der Waals surface area contributed by atoms with Crippen molar-refractivity contribution in [3.8, 4) is 0 Å². The first kappa shape index (κ1) is 14.5. The average molecular weight is 326 g/mol. The molecule has 5 heteroatoms. The van der Waals surface area contributed by atoms with E-state index in [0.717, 1.165) is 30.6 Å². The van der Waals surface area contributed by atoms with Crippen LogP contribution in [0.25, 0.3) is 0 Å². The quantitative estimate of drug-likeness (QED) is 0.938. The SMILES string of the molecule is O=C1Nc2ccccc2[C@H]1CC(=O)N1CCC[C@@H]1c1cccs1. The van der Waals surface area contributed by atoms with Crippen LogP contribution in [0.3, 0.4) is 0 Å². The van der Waals surface area contributed by atoms with Crippen LogP contribution in [-0.2, 0) is 9.59 Å². The fourth-order valence-corrected chi connectivity index (χ4v) is 4.49. The Labute approximate surface area is 139 Å². The first-order valence-corrected chi connectivity index (χ1v) is 8.84. The first-order valence-electron chi connectivity index (χ1n) is 7.96. The van der Waals surface area contributed by atoms with Crippen molar-refractivity contribution in [3.63, 3.8) is 0 Å². The monoisotopic (exact) mass is 326 g/mol. The van der Waals surface area contributed by atoms with Gasteiger partial charge in [-0.3, -0.25) is 9.59 Å². The van der Waals surface area contributed by atoms with E-state index in [4.69, 9.17) is 0 Å². The van der Waals surface area contributed by atoms with Crippen LogP contribution in [0.2, 0.25) is 0 Å². The Bertz CT molecular complexity index is 741. The highest BCUT2D eigenvalue weighted by atomic mass is 32.1. The summed E-state index contributed by atoms with van der Waals surface area (Å²) >= 11 is 1.70. The number of benzene rings is 1. The summed E-state index contributed by atoms with van der Waals surface area (Å²) in [7, 11) is 0. The van der Waals surface area contributed by atoms with Gasteiger partial charge in [0.1, 0.15) is 0 Å². The van der Waals surface area contributed by atoms with E-state index in [1.165, 1.54) is 4.88 Å². The second-order valence-electron chi connectivity index (χ2n) is 6.09. The summed E-state index contributed by atoms with van der Waals surface area (Å²) in [5.41, 5.74) is 1.78. The summed E-state index contributed by atoms with van der Waals surface area (Å²) in [5.74, 6) is -0.340. The van der Waals surface area contributed by atoms with Gasteiger partial charge >= 0.3 is 0 Å². The lowest BCUT2D eigenvalue weighted by molar-refractivity contribution is -0.134. The molecule has 23 heavy (non-hydrogen) atoms. The van der Waals surface area contributed by atoms with Crippen LogP contribution in [0.1, 0.15) is 41.7 Å². The van der Waals surface area contributed by atoms with Gasteiger partial charge < -0.3 is 10.2 Å². The number of likely N-dealkylation sites (tertiary alicyclic amines) is 1. The van der Waals surface area contributed by atoms with Gasteiger partial charge in [0, 0.05) is 23.5 Å². The first-order chi connectivity index (χ1) is 11.2. The van der Waals surface area contributed by atoms with Gasteiger partial charge in [0.2, 0.25) is 11.8 Å². The number of rotatable bonds is 3. The zero-order chi connectivity index (χ0) is 15.8. The van der Waals surface area contributed by atoms with E-state index in [2.05, 4.69) is 16.8 Å². The van der Waals surface area contributed by atoms with Crippen LogP contribution in [0.15, 0.2) is 41.8 Å². The maximum atomic E-state index is 12.8. The van der Waals surface area contributed by atoms with Crippen molar-refractivity contribution in [1.29, 1.82) is 0 Å². The maximum Gasteiger partial charge on any atom is 0.232 e. The van der Waals surface area contributed by atoms with Crippen LogP contribution in [-0.4, -0.2) is 23.3 Å². The smallest absolute Gasteiger partial charge is 0.232 e. The third-order valence-corrected chi connectivity index (χ3v) is 5.71. The van der Waals surface area contributed by atoms with Gasteiger partial charge in [0.05, 0.1) is 12.0 Å². The molecule has 4 rings (SSSR count). The molecule has 118 valence electrons. The number of anilines is 1. The number of fused-ring (bicyclic) bond motifs is 1.